The van der Waals surface area contributed by atoms with Crippen LogP contribution in [0.4, 0.5) is 4.79 Å². The van der Waals surface area contributed by atoms with E-state index in [1.54, 1.807) is 23.1 Å². The Labute approximate surface area is 112 Å². The molecule has 102 valence electrons. The van der Waals surface area contributed by atoms with Crippen molar-refractivity contribution in [3.8, 4) is 0 Å². The third kappa shape index (κ3) is 4.46. The van der Waals surface area contributed by atoms with E-state index in [1.807, 2.05) is 6.92 Å². The van der Waals surface area contributed by atoms with Gasteiger partial charge in [-0.1, -0.05) is 18.2 Å². The zero-order valence-corrected chi connectivity index (χ0v) is 10.9. The molecule has 0 radical (unpaired) electrons. The molecule has 0 aliphatic rings. The van der Waals surface area contributed by atoms with Gasteiger partial charge in [0.15, 0.2) is 0 Å². The molecule has 0 unspecified atom stereocenters. The molecule has 2 N–H and O–H groups in total. The first-order valence-corrected chi connectivity index (χ1v) is 6.04. The molecule has 5 nitrogen and oxygen atoms in total. The molecule has 0 aliphatic heterocycles. The van der Waals surface area contributed by atoms with E-state index < -0.39 is 5.97 Å². The van der Waals surface area contributed by atoms with Gasteiger partial charge in [0.1, 0.15) is 0 Å². The van der Waals surface area contributed by atoms with Gasteiger partial charge in [0.25, 0.3) is 0 Å². The summed E-state index contributed by atoms with van der Waals surface area (Å²) in [6, 6.07) is 6.25. The fourth-order valence-electron chi connectivity index (χ4n) is 1.57. The summed E-state index contributed by atoms with van der Waals surface area (Å²) in [6.45, 7) is 6.97. The van der Waals surface area contributed by atoms with Gasteiger partial charge >= 0.3 is 12.0 Å². The standard InChI is InChI=1S/C14H18N2O3/c1-3-9-16(4-2)14(19)15-10-11-5-7-12(8-6-11)13(17)18/h3,5-8H,1,4,9-10H2,2H3,(H,15,19)(H,17,18). The Hall–Kier alpha value is -2.30. The first kappa shape index (κ1) is 14.8. The minimum absolute atomic E-state index is 0.162. The van der Waals surface area contributed by atoms with E-state index >= 15 is 0 Å². The Balaban J connectivity index is 2.54. The summed E-state index contributed by atoms with van der Waals surface area (Å²) < 4.78 is 0. The fourth-order valence-corrected chi connectivity index (χ4v) is 1.57. The molecule has 0 bridgehead atoms. The molecular formula is C14H18N2O3. The van der Waals surface area contributed by atoms with Crippen molar-refractivity contribution in [3.63, 3.8) is 0 Å². The second kappa shape index (κ2) is 7.20. The molecule has 0 atom stereocenters. The molecule has 0 aromatic heterocycles. The molecule has 2 amide bonds. The highest BCUT2D eigenvalue weighted by atomic mass is 16.4. The second-order valence-electron chi connectivity index (χ2n) is 3.99. The Morgan fingerprint density at radius 2 is 2.00 bits per heavy atom. The molecule has 0 fully saturated rings. The van der Waals surface area contributed by atoms with Crippen molar-refractivity contribution in [2.45, 2.75) is 13.5 Å². The van der Waals surface area contributed by atoms with Crippen molar-refractivity contribution >= 4 is 12.0 Å². The van der Waals surface area contributed by atoms with Gasteiger partial charge in [0.2, 0.25) is 0 Å². The highest BCUT2D eigenvalue weighted by Gasteiger charge is 2.09. The maximum Gasteiger partial charge on any atom is 0.335 e. The van der Waals surface area contributed by atoms with Crippen molar-refractivity contribution in [1.29, 1.82) is 0 Å². The molecule has 1 aromatic carbocycles. The zero-order valence-electron chi connectivity index (χ0n) is 10.9. The number of hydrogen-bond donors (Lipinski definition) is 2. The molecule has 19 heavy (non-hydrogen) atoms. The number of benzene rings is 1. The molecule has 0 saturated carbocycles. The number of likely N-dealkylation sites (N-methyl/N-ethyl adjacent to an activating group) is 1. The summed E-state index contributed by atoms with van der Waals surface area (Å²) in [4.78, 5) is 24.1. The smallest absolute Gasteiger partial charge is 0.335 e. The van der Waals surface area contributed by atoms with Gasteiger partial charge in [-0.05, 0) is 24.6 Å². The van der Waals surface area contributed by atoms with Crippen LogP contribution in [0.1, 0.15) is 22.8 Å². The van der Waals surface area contributed by atoms with Crippen LogP contribution in [-0.4, -0.2) is 35.1 Å². The maximum atomic E-state index is 11.8. The Bertz CT molecular complexity index is 454. The van der Waals surface area contributed by atoms with Gasteiger partial charge in [0.05, 0.1) is 5.56 Å². The molecule has 1 rings (SSSR count). The summed E-state index contributed by atoms with van der Waals surface area (Å²) in [7, 11) is 0. The Morgan fingerprint density at radius 1 is 1.37 bits per heavy atom. The molecule has 1 aromatic rings. The average molecular weight is 262 g/mol. The summed E-state index contributed by atoms with van der Waals surface area (Å²) in [6.07, 6.45) is 1.67. The summed E-state index contributed by atoms with van der Waals surface area (Å²) in [5, 5.41) is 11.5. The lowest BCUT2D eigenvalue weighted by Crippen LogP contribution is -2.39. The van der Waals surface area contributed by atoms with E-state index in [4.69, 9.17) is 5.11 Å². The minimum Gasteiger partial charge on any atom is -0.478 e. The SMILES string of the molecule is C=CCN(CC)C(=O)NCc1ccc(C(=O)O)cc1. The van der Waals surface area contributed by atoms with Crippen LogP contribution in [0, 0.1) is 0 Å². The van der Waals surface area contributed by atoms with Crippen LogP contribution in [0.5, 0.6) is 0 Å². The summed E-state index contributed by atoms with van der Waals surface area (Å²) in [5.74, 6) is -0.960. The minimum atomic E-state index is -0.960. The van der Waals surface area contributed by atoms with Gasteiger partial charge in [-0.3, -0.25) is 0 Å². The van der Waals surface area contributed by atoms with Crippen molar-refractivity contribution in [2.24, 2.45) is 0 Å². The van der Waals surface area contributed by atoms with Crippen LogP contribution in [0.2, 0.25) is 0 Å². The molecule has 5 heteroatoms. The number of aromatic carboxylic acids is 1. The highest BCUT2D eigenvalue weighted by molar-refractivity contribution is 5.87. The van der Waals surface area contributed by atoms with Crippen molar-refractivity contribution in [3.05, 3.63) is 48.0 Å². The number of amides is 2. The van der Waals surface area contributed by atoms with Gasteiger partial charge in [0, 0.05) is 19.6 Å². The number of carbonyl (C=O) groups excluding carboxylic acids is 1. The van der Waals surface area contributed by atoms with Crippen LogP contribution < -0.4 is 5.32 Å². The molecule has 0 aliphatic carbocycles. The van der Waals surface area contributed by atoms with Crippen LogP contribution in [0.25, 0.3) is 0 Å². The number of urea groups is 1. The monoisotopic (exact) mass is 262 g/mol. The summed E-state index contributed by atoms with van der Waals surface area (Å²) in [5.41, 5.74) is 1.09. The lowest BCUT2D eigenvalue weighted by molar-refractivity contribution is 0.0697. The van der Waals surface area contributed by atoms with Crippen molar-refractivity contribution < 1.29 is 14.7 Å². The van der Waals surface area contributed by atoms with E-state index in [0.29, 0.717) is 19.6 Å². The predicted octanol–water partition coefficient (Wildman–Crippen LogP) is 2.10. The largest absolute Gasteiger partial charge is 0.478 e. The Morgan fingerprint density at radius 3 is 2.47 bits per heavy atom. The van der Waals surface area contributed by atoms with E-state index in [9.17, 15) is 9.59 Å². The summed E-state index contributed by atoms with van der Waals surface area (Å²) >= 11 is 0. The van der Waals surface area contributed by atoms with E-state index in [-0.39, 0.29) is 11.6 Å². The molecule has 0 saturated heterocycles. The number of nitrogens with zero attached hydrogens (tertiary/aromatic N) is 1. The zero-order chi connectivity index (χ0) is 14.3. The highest BCUT2D eigenvalue weighted by Crippen LogP contribution is 2.04. The lowest BCUT2D eigenvalue weighted by Gasteiger charge is -2.19. The number of hydrogen-bond acceptors (Lipinski definition) is 2. The van der Waals surface area contributed by atoms with E-state index in [1.165, 1.54) is 12.1 Å². The number of rotatable bonds is 6. The molecule has 0 spiro atoms. The molecular weight excluding hydrogens is 244 g/mol. The normalized spacial score (nSPS) is 9.74. The van der Waals surface area contributed by atoms with Crippen LogP contribution in [-0.2, 0) is 6.54 Å². The van der Waals surface area contributed by atoms with Gasteiger partial charge in [-0.2, -0.15) is 0 Å². The number of nitrogens with one attached hydrogen (secondary N) is 1. The predicted molar refractivity (Wildman–Crippen MR) is 73.1 cm³/mol. The van der Waals surface area contributed by atoms with Crippen LogP contribution in [0.3, 0.4) is 0 Å². The third-order valence-electron chi connectivity index (χ3n) is 2.66. The topological polar surface area (TPSA) is 69.6 Å². The lowest BCUT2D eigenvalue weighted by atomic mass is 10.1. The quantitative estimate of drug-likeness (QED) is 0.771. The Kier molecular flexibility index (Phi) is 5.60. The van der Waals surface area contributed by atoms with Gasteiger partial charge in [-0.15, -0.1) is 6.58 Å². The second-order valence-corrected chi connectivity index (χ2v) is 3.99. The van der Waals surface area contributed by atoms with E-state index in [0.717, 1.165) is 5.56 Å². The van der Waals surface area contributed by atoms with Crippen molar-refractivity contribution in [2.75, 3.05) is 13.1 Å². The number of carbonyl (C=O) groups is 2. The van der Waals surface area contributed by atoms with Crippen LogP contribution >= 0.6 is 0 Å². The first-order valence-electron chi connectivity index (χ1n) is 6.04. The fraction of sp³-hybridized carbons (Fsp3) is 0.286. The van der Waals surface area contributed by atoms with Crippen molar-refractivity contribution in [1.82, 2.24) is 10.2 Å². The average Bonchev–Trinajstić information content (AvgIpc) is 2.42. The van der Waals surface area contributed by atoms with Gasteiger partial charge in [-0.25, -0.2) is 9.59 Å². The number of carboxylic acids is 1. The first-order chi connectivity index (χ1) is 9.08. The van der Waals surface area contributed by atoms with Gasteiger partial charge < -0.3 is 15.3 Å². The van der Waals surface area contributed by atoms with Crippen LogP contribution in [0.15, 0.2) is 36.9 Å². The third-order valence-corrected chi connectivity index (χ3v) is 2.66. The number of carboxylic acid groups (broad SMARTS) is 1. The van der Waals surface area contributed by atoms with E-state index in [2.05, 4.69) is 11.9 Å². The maximum absolute atomic E-state index is 11.8. The molecule has 0 heterocycles.